The van der Waals surface area contributed by atoms with Gasteiger partial charge < -0.3 is 24.7 Å². The Morgan fingerprint density at radius 1 is 1.17 bits per heavy atom. The number of hydrogen-bond donors (Lipinski definition) is 2. The second kappa shape index (κ2) is 8.82. The van der Waals surface area contributed by atoms with Gasteiger partial charge in [0.15, 0.2) is 5.11 Å². The maximum absolute atomic E-state index is 6.48. The highest BCUT2D eigenvalue weighted by Gasteiger charge is 2.41. The Labute approximate surface area is 179 Å². The fourth-order valence-electron chi connectivity index (χ4n) is 3.47. The van der Waals surface area contributed by atoms with Crippen LogP contribution in [0.3, 0.4) is 0 Å². The third kappa shape index (κ3) is 4.07. The second-order valence-corrected chi connectivity index (χ2v) is 7.37. The van der Waals surface area contributed by atoms with E-state index in [2.05, 4.69) is 20.2 Å². The Kier molecular flexibility index (Phi) is 5.99. The first-order valence-electron chi connectivity index (χ1n) is 9.24. The Morgan fingerprint density at radius 3 is 2.76 bits per heavy atom. The van der Waals surface area contributed by atoms with Crippen molar-refractivity contribution in [1.82, 2.24) is 15.3 Å². The highest BCUT2D eigenvalue weighted by atomic mass is 35.5. The normalized spacial score (nSPS) is 18.7. The Balaban J connectivity index is 1.68. The summed E-state index contributed by atoms with van der Waals surface area (Å²) in [5.41, 5.74) is 2.83. The molecular formula is C21H21ClN4O2S. The van der Waals surface area contributed by atoms with Crippen molar-refractivity contribution in [2.75, 3.05) is 25.2 Å². The predicted octanol–water partition coefficient (Wildman–Crippen LogP) is 4.27. The first-order valence-corrected chi connectivity index (χ1v) is 10.0. The lowest BCUT2D eigenvalue weighted by Crippen LogP contribution is -2.29. The zero-order valence-electron chi connectivity index (χ0n) is 15.8. The standard InChI is InChI=1S/C21H21ClN4O2S/c1-27-11-12-28-18-8-7-14(13-15(18)22)26-20(17-6-4-10-24-17)19(25-21(26)29)16-5-2-3-9-23-16/h2-10,13,19-20,24H,11-12H2,1H3,(H,25,29). The quantitative estimate of drug-likeness (QED) is 0.433. The number of pyridine rings is 1. The van der Waals surface area contributed by atoms with Crippen LogP contribution < -0.4 is 15.0 Å². The summed E-state index contributed by atoms with van der Waals surface area (Å²) >= 11 is 12.2. The largest absolute Gasteiger partial charge is 0.490 e. The van der Waals surface area contributed by atoms with Crippen molar-refractivity contribution >= 4 is 34.6 Å². The van der Waals surface area contributed by atoms with Crippen molar-refractivity contribution in [3.8, 4) is 5.75 Å². The molecule has 1 aliphatic rings. The SMILES string of the molecule is COCCOc1ccc(N2C(=S)NC(c3ccccn3)C2c2ccc[nH]2)cc1Cl. The molecule has 6 nitrogen and oxygen atoms in total. The van der Waals surface area contributed by atoms with Crippen LogP contribution in [-0.2, 0) is 4.74 Å². The van der Waals surface area contributed by atoms with Gasteiger partial charge in [0, 0.05) is 30.9 Å². The minimum atomic E-state index is -0.0984. The van der Waals surface area contributed by atoms with E-state index in [-0.39, 0.29) is 12.1 Å². The molecule has 0 aliphatic carbocycles. The summed E-state index contributed by atoms with van der Waals surface area (Å²) in [7, 11) is 1.63. The van der Waals surface area contributed by atoms with E-state index >= 15 is 0 Å². The van der Waals surface area contributed by atoms with E-state index in [4.69, 9.17) is 33.3 Å². The monoisotopic (exact) mass is 428 g/mol. The molecule has 2 atom stereocenters. The van der Waals surface area contributed by atoms with Gasteiger partial charge in [0.2, 0.25) is 0 Å². The van der Waals surface area contributed by atoms with Gasteiger partial charge in [-0.25, -0.2) is 0 Å². The number of benzene rings is 1. The number of aromatic amines is 1. The summed E-state index contributed by atoms with van der Waals surface area (Å²) in [5, 5.41) is 4.55. The Morgan fingerprint density at radius 2 is 2.07 bits per heavy atom. The third-order valence-electron chi connectivity index (χ3n) is 4.78. The summed E-state index contributed by atoms with van der Waals surface area (Å²) in [5.74, 6) is 0.614. The van der Waals surface area contributed by atoms with Gasteiger partial charge in [-0.05, 0) is 54.7 Å². The van der Waals surface area contributed by atoms with Gasteiger partial charge in [0.25, 0.3) is 0 Å². The summed E-state index contributed by atoms with van der Waals surface area (Å²) in [6, 6.07) is 15.4. The van der Waals surface area contributed by atoms with Crippen LogP contribution in [0.4, 0.5) is 5.69 Å². The van der Waals surface area contributed by atoms with Crippen LogP contribution in [0.25, 0.3) is 0 Å². The molecular weight excluding hydrogens is 408 g/mol. The maximum atomic E-state index is 6.48. The number of methoxy groups -OCH3 is 1. The lowest BCUT2D eigenvalue weighted by molar-refractivity contribution is 0.146. The van der Waals surface area contributed by atoms with E-state index in [0.717, 1.165) is 17.1 Å². The van der Waals surface area contributed by atoms with Gasteiger partial charge in [-0.1, -0.05) is 17.7 Å². The number of rotatable bonds is 7. The molecule has 2 aromatic heterocycles. The van der Waals surface area contributed by atoms with Crippen molar-refractivity contribution < 1.29 is 9.47 Å². The smallest absolute Gasteiger partial charge is 0.174 e. The molecule has 1 fully saturated rings. The molecule has 3 heterocycles. The number of hydrogen-bond acceptors (Lipinski definition) is 4. The topological polar surface area (TPSA) is 62.4 Å². The Hall–Kier alpha value is -2.61. The highest BCUT2D eigenvalue weighted by Crippen LogP contribution is 2.42. The number of anilines is 1. The Bertz CT molecular complexity index is 968. The van der Waals surface area contributed by atoms with Gasteiger partial charge in [-0.2, -0.15) is 0 Å². The molecule has 0 amide bonds. The molecule has 29 heavy (non-hydrogen) atoms. The minimum absolute atomic E-state index is 0.0938. The number of ether oxygens (including phenoxy) is 2. The van der Waals surface area contributed by atoms with E-state index in [1.54, 1.807) is 13.3 Å². The highest BCUT2D eigenvalue weighted by molar-refractivity contribution is 7.80. The van der Waals surface area contributed by atoms with Crippen molar-refractivity contribution in [2.24, 2.45) is 0 Å². The van der Waals surface area contributed by atoms with Gasteiger partial charge in [-0.15, -0.1) is 0 Å². The average Bonchev–Trinajstić information content (AvgIpc) is 3.37. The zero-order valence-corrected chi connectivity index (χ0v) is 17.4. The molecule has 2 N–H and O–H groups in total. The van der Waals surface area contributed by atoms with Crippen LogP contribution in [0, 0.1) is 0 Å². The van der Waals surface area contributed by atoms with Crippen LogP contribution in [0.5, 0.6) is 5.75 Å². The lowest BCUT2D eigenvalue weighted by atomic mass is 10.0. The molecule has 1 aliphatic heterocycles. The molecule has 1 aromatic carbocycles. The van der Waals surface area contributed by atoms with Gasteiger partial charge >= 0.3 is 0 Å². The second-order valence-electron chi connectivity index (χ2n) is 6.58. The minimum Gasteiger partial charge on any atom is -0.490 e. The van der Waals surface area contributed by atoms with Crippen molar-refractivity contribution in [3.63, 3.8) is 0 Å². The third-order valence-corrected chi connectivity index (χ3v) is 5.39. The maximum Gasteiger partial charge on any atom is 0.174 e. The summed E-state index contributed by atoms with van der Waals surface area (Å²) < 4.78 is 10.7. The molecule has 3 aromatic rings. The van der Waals surface area contributed by atoms with Crippen LogP contribution in [0.2, 0.25) is 5.02 Å². The number of halogens is 1. The van der Waals surface area contributed by atoms with Gasteiger partial charge in [0.05, 0.1) is 23.4 Å². The predicted molar refractivity (Wildman–Crippen MR) is 118 cm³/mol. The number of H-pyrrole nitrogens is 1. The molecule has 0 bridgehead atoms. The average molecular weight is 429 g/mol. The van der Waals surface area contributed by atoms with E-state index in [1.165, 1.54) is 0 Å². The molecule has 8 heteroatoms. The summed E-state index contributed by atoms with van der Waals surface area (Å²) in [6.07, 6.45) is 3.70. The van der Waals surface area contributed by atoms with Crippen LogP contribution in [-0.4, -0.2) is 35.4 Å². The van der Waals surface area contributed by atoms with Gasteiger partial charge in [0.1, 0.15) is 18.4 Å². The van der Waals surface area contributed by atoms with E-state index < -0.39 is 0 Å². The van der Waals surface area contributed by atoms with Crippen molar-refractivity contribution in [3.05, 3.63) is 77.3 Å². The van der Waals surface area contributed by atoms with Gasteiger partial charge in [-0.3, -0.25) is 4.98 Å². The molecule has 2 unspecified atom stereocenters. The molecule has 0 saturated carbocycles. The number of nitrogens with one attached hydrogen (secondary N) is 2. The summed E-state index contributed by atoms with van der Waals surface area (Å²) in [6.45, 7) is 0.935. The molecule has 0 radical (unpaired) electrons. The molecule has 1 saturated heterocycles. The zero-order chi connectivity index (χ0) is 20.2. The molecule has 150 valence electrons. The molecule has 4 rings (SSSR count). The van der Waals surface area contributed by atoms with E-state index in [9.17, 15) is 0 Å². The molecule has 0 spiro atoms. The van der Waals surface area contributed by atoms with Crippen LogP contribution in [0.15, 0.2) is 60.9 Å². The van der Waals surface area contributed by atoms with Crippen LogP contribution >= 0.6 is 23.8 Å². The fourth-order valence-corrected chi connectivity index (χ4v) is 4.04. The lowest BCUT2D eigenvalue weighted by Gasteiger charge is -2.27. The fraction of sp³-hybridized carbons (Fsp3) is 0.238. The number of thiocarbonyl (C=S) groups is 1. The first-order chi connectivity index (χ1) is 14.2. The van der Waals surface area contributed by atoms with Crippen molar-refractivity contribution in [2.45, 2.75) is 12.1 Å². The van der Waals surface area contributed by atoms with E-state index in [0.29, 0.717) is 29.1 Å². The van der Waals surface area contributed by atoms with Crippen molar-refractivity contribution in [1.29, 1.82) is 0 Å². The number of aromatic nitrogens is 2. The van der Waals surface area contributed by atoms with Crippen LogP contribution in [0.1, 0.15) is 23.5 Å². The van der Waals surface area contributed by atoms with E-state index in [1.807, 2.05) is 54.7 Å². The summed E-state index contributed by atoms with van der Waals surface area (Å²) in [4.78, 5) is 9.92. The number of nitrogens with zero attached hydrogens (tertiary/aromatic N) is 2. The first kappa shape index (κ1) is 19.7.